The summed E-state index contributed by atoms with van der Waals surface area (Å²) < 4.78 is 79.7. The Balaban J connectivity index is 1.75. The molecule has 0 saturated heterocycles. The van der Waals surface area contributed by atoms with Gasteiger partial charge in [-0.05, 0) is 42.4 Å². The molecule has 5 rings (SSSR count). The molecule has 10 nitrogen and oxygen atoms in total. The van der Waals surface area contributed by atoms with Crippen molar-refractivity contribution in [2.24, 2.45) is 0 Å². The van der Waals surface area contributed by atoms with E-state index in [1.54, 1.807) is 31.2 Å². The Morgan fingerprint density at radius 1 is 1.05 bits per heavy atom. The molecular weight excluding hydrogens is 585 g/mol. The third-order valence-electron chi connectivity index (χ3n) is 5.99. The number of aromatic nitrogens is 5. The summed E-state index contributed by atoms with van der Waals surface area (Å²) in [5.41, 5.74) is 1.05. The van der Waals surface area contributed by atoms with E-state index in [1.165, 1.54) is 44.8 Å². The van der Waals surface area contributed by atoms with Gasteiger partial charge in [0.2, 0.25) is 10.0 Å². The van der Waals surface area contributed by atoms with Crippen molar-refractivity contribution < 1.29 is 30.7 Å². The van der Waals surface area contributed by atoms with E-state index >= 15 is 0 Å². The third kappa shape index (κ3) is 5.53. The smallest absolute Gasteiger partial charge is 0.436 e. The number of alkyl halides is 3. The van der Waals surface area contributed by atoms with E-state index in [2.05, 4.69) is 24.8 Å². The van der Waals surface area contributed by atoms with Gasteiger partial charge in [-0.3, -0.25) is 0 Å². The van der Waals surface area contributed by atoms with Crippen LogP contribution in [0.3, 0.4) is 0 Å². The molecule has 0 atom stereocenters. The molecule has 2 aromatic carbocycles. The van der Waals surface area contributed by atoms with Crippen LogP contribution in [0.5, 0.6) is 6.01 Å². The maximum atomic E-state index is 13.5. The molecule has 0 bridgehead atoms. The highest BCUT2D eigenvalue weighted by atomic mass is 35.5. The first-order chi connectivity index (χ1) is 19.4. The summed E-state index contributed by atoms with van der Waals surface area (Å²) in [6.45, 7) is 1.61. The minimum Gasteiger partial charge on any atom is -0.467 e. The zero-order valence-electron chi connectivity index (χ0n) is 21.6. The Bertz CT molecular complexity index is 1850. The van der Waals surface area contributed by atoms with Gasteiger partial charge in [0.25, 0.3) is 0 Å². The number of halogens is 4. The highest BCUT2D eigenvalue weighted by Gasteiger charge is 2.37. The lowest BCUT2D eigenvalue weighted by molar-refractivity contribution is -0.141. The molecule has 0 saturated carbocycles. The maximum absolute atomic E-state index is 13.5. The van der Waals surface area contributed by atoms with Crippen molar-refractivity contribution in [3.63, 3.8) is 0 Å². The highest BCUT2D eigenvalue weighted by Crippen LogP contribution is 2.40. The van der Waals surface area contributed by atoms with E-state index in [9.17, 15) is 21.6 Å². The Labute approximate surface area is 236 Å². The van der Waals surface area contributed by atoms with Crippen molar-refractivity contribution >= 4 is 21.6 Å². The summed E-state index contributed by atoms with van der Waals surface area (Å²) in [5, 5.41) is 3.11. The van der Waals surface area contributed by atoms with Gasteiger partial charge in [0.05, 0.1) is 28.9 Å². The van der Waals surface area contributed by atoms with E-state index in [0.717, 1.165) is 10.9 Å². The molecule has 0 fully saturated rings. The van der Waals surface area contributed by atoms with E-state index in [1.807, 2.05) is 0 Å². The predicted molar refractivity (Wildman–Crippen MR) is 143 cm³/mol. The number of methoxy groups -OCH3 is 1. The van der Waals surface area contributed by atoms with Gasteiger partial charge >= 0.3 is 12.2 Å². The van der Waals surface area contributed by atoms with Gasteiger partial charge in [-0.2, -0.15) is 18.3 Å². The van der Waals surface area contributed by atoms with Crippen LogP contribution in [-0.2, 0) is 16.2 Å². The average Bonchev–Trinajstić information content (AvgIpc) is 3.55. The van der Waals surface area contributed by atoms with E-state index in [-0.39, 0.29) is 28.2 Å². The average molecular weight is 605 g/mol. The predicted octanol–water partition coefficient (Wildman–Crippen LogP) is 5.55. The molecule has 15 heteroatoms. The largest absolute Gasteiger partial charge is 0.467 e. The number of nitrogens with one attached hydrogen (secondary N) is 1. The summed E-state index contributed by atoms with van der Waals surface area (Å²) in [7, 11) is -1.02. The van der Waals surface area contributed by atoms with Crippen LogP contribution >= 0.6 is 11.6 Å². The molecule has 41 heavy (non-hydrogen) atoms. The number of hydrogen-bond donors (Lipinski definition) is 1. The van der Waals surface area contributed by atoms with Crippen LogP contribution in [0.15, 0.2) is 70.4 Å². The normalized spacial score (nSPS) is 12.1. The number of aryl methyl sites for hydroxylation is 1. The number of rotatable bonds is 7. The zero-order valence-corrected chi connectivity index (χ0v) is 23.1. The van der Waals surface area contributed by atoms with Gasteiger partial charge < -0.3 is 9.15 Å². The molecule has 212 valence electrons. The summed E-state index contributed by atoms with van der Waals surface area (Å²) in [6.07, 6.45) is -0.804. The Morgan fingerprint density at radius 3 is 2.39 bits per heavy atom. The van der Waals surface area contributed by atoms with E-state index in [4.69, 9.17) is 20.8 Å². The molecule has 0 radical (unpaired) electrons. The molecule has 1 N–H and O–H groups in total. The van der Waals surface area contributed by atoms with Crippen LogP contribution in [0.4, 0.5) is 13.2 Å². The van der Waals surface area contributed by atoms with Gasteiger partial charge in [0.15, 0.2) is 17.3 Å². The zero-order chi connectivity index (χ0) is 29.5. The lowest BCUT2D eigenvalue weighted by Gasteiger charge is -2.13. The molecule has 0 aliphatic heterocycles. The number of benzene rings is 2. The summed E-state index contributed by atoms with van der Waals surface area (Å²) in [5.74, 6) is 0.450. The summed E-state index contributed by atoms with van der Waals surface area (Å²) in [4.78, 5) is 12.7. The summed E-state index contributed by atoms with van der Waals surface area (Å²) >= 11 is 5.91. The van der Waals surface area contributed by atoms with Crippen LogP contribution < -0.4 is 9.46 Å². The van der Waals surface area contributed by atoms with Gasteiger partial charge in [0.1, 0.15) is 5.69 Å². The quantitative estimate of drug-likeness (QED) is 0.256. The minimum absolute atomic E-state index is 0.0309. The van der Waals surface area contributed by atoms with Crippen molar-refractivity contribution in [1.29, 1.82) is 0 Å². The monoisotopic (exact) mass is 604 g/mol. The second kappa shape index (κ2) is 10.6. The van der Waals surface area contributed by atoms with Crippen LogP contribution in [0.1, 0.15) is 11.6 Å². The van der Waals surface area contributed by atoms with Crippen molar-refractivity contribution in [3.8, 4) is 45.4 Å². The third-order valence-corrected chi connectivity index (χ3v) is 7.68. The van der Waals surface area contributed by atoms with Crippen LogP contribution in [0.2, 0.25) is 5.02 Å². The van der Waals surface area contributed by atoms with Gasteiger partial charge in [-0.1, -0.05) is 29.8 Å². The first-order valence-electron chi connectivity index (χ1n) is 11.8. The molecule has 0 unspecified atom stereocenters. The number of hydrogen-bond acceptors (Lipinski definition) is 8. The van der Waals surface area contributed by atoms with Crippen molar-refractivity contribution in [1.82, 2.24) is 29.5 Å². The molecule has 5 aromatic rings. The fourth-order valence-corrected chi connectivity index (χ4v) is 5.09. The van der Waals surface area contributed by atoms with Crippen LogP contribution in [0, 0.1) is 6.92 Å². The fraction of sp³-hybridized carbons (Fsp3) is 0.154. The minimum atomic E-state index is -4.78. The van der Waals surface area contributed by atoms with Crippen LogP contribution in [-0.4, -0.2) is 47.3 Å². The Morgan fingerprint density at radius 2 is 1.76 bits per heavy atom. The molecule has 0 aliphatic carbocycles. The number of nitrogens with zero attached hydrogens (tertiary/aromatic N) is 5. The second-order valence-corrected chi connectivity index (χ2v) is 10.9. The number of oxazole rings is 1. The van der Waals surface area contributed by atoms with Gasteiger partial charge in [-0.25, -0.2) is 32.8 Å². The number of sulfonamides is 1. The van der Waals surface area contributed by atoms with E-state index in [0.29, 0.717) is 27.9 Å². The Hall–Kier alpha value is -4.27. The van der Waals surface area contributed by atoms with Crippen LogP contribution in [0.25, 0.3) is 39.4 Å². The second-order valence-electron chi connectivity index (χ2n) is 8.60. The number of ether oxygens (including phenoxy) is 1. The first kappa shape index (κ1) is 28.3. The molecule has 0 aliphatic rings. The van der Waals surface area contributed by atoms with Gasteiger partial charge in [-0.15, -0.1) is 0 Å². The Kier molecular flexibility index (Phi) is 7.32. The van der Waals surface area contributed by atoms with Crippen molar-refractivity contribution in [2.45, 2.75) is 18.0 Å². The van der Waals surface area contributed by atoms with Crippen molar-refractivity contribution in [3.05, 3.63) is 77.7 Å². The first-order valence-corrected chi connectivity index (χ1v) is 13.6. The molecule has 0 spiro atoms. The molecule has 0 amide bonds. The molecule has 3 heterocycles. The maximum Gasteiger partial charge on any atom is 0.436 e. The lowest BCUT2D eigenvalue weighted by atomic mass is 9.99. The topological polar surface area (TPSA) is 125 Å². The summed E-state index contributed by atoms with van der Waals surface area (Å²) in [6, 6.07) is 11.1. The molecular formula is C26H20ClF3N6O4S. The van der Waals surface area contributed by atoms with E-state index < -0.39 is 26.9 Å². The lowest BCUT2D eigenvalue weighted by Crippen LogP contribution is -2.18. The van der Waals surface area contributed by atoms with Gasteiger partial charge in [0, 0.05) is 30.4 Å². The fourth-order valence-electron chi connectivity index (χ4n) is 4.08. The SMILES string of the molecule is CNS(=O)(=O)c1cccc(-c2ccc(-n3cc(Cl)c(C(F)(F)F)n3)c(-c3oc(C)nc3-c3cnc(OC)nc3)c2)c1. The highest BCUT2D eigenvalue weighted by molar-refractivity contribution is 7.89. The standard InChI is InChI=1S/C26H20ClF3N6O4S/c1-14-34-22(17-11-32-25(39-3)33-12-17)23(40-14)19-10-16(15-5-4-6-18(9-15)41(37,38)31-2)7-8-21(19)36-13-20(27)24(35-36)26(28,29)30/h4-13,31H,1-3H3. The van der Waals surface area contributed by atoms with Crippen molar-refractivity contribution in [2.75, 3.05) is 14.2 Å². The molecule has 3 aromatic heterocycles.